The molecule has 3 saturated heterocycles. The zero-order valence-electron chi connectivity index (χ0n) is 18.5. The van der Waals surface area contributed by atoms with Gasteiger partial charge < -0.3 is 20.6 Å². The Bertz CT molecular complexity index is 913. The van der Waals surface area contributed by atoms with Gasteiger partial charge in [-0.2, -0.15) is 0 Å². The summed E-state index contributed by atoms with van der Waals surface area (Å²) in [5.41, 5.74) is 0.589. The number of halogens is 1. The third-order valence-corrected chi connectivity index (χ3v) is 9.46. The molecule has 3 aliphatic rings. The lowest BCUT2D eigenvalue weighted by Gasteiger charge is -2.39. The van der Waals surface area contributed by atoms with Gasteiger partial charge >= 0.3 is 0 Å². The van der Waals surface area contributed by atoms with E-state index in [-0.39, 0.29) is 35.5 Å². The predicted octanol–water partition coefficient (Wildman–Crippen LogP) is 2.52. The average molecular weight is 480 g/mol. The van der Waals surface area contributed by atoms with Crippen LogP contribution in [-0.4, -0.2) is 63.0 Å². The SMILES string of the molecule is CCCNC(=O)[C@@H]1[C@@H]2CC(C)C3(S2)C(C(=O)Nc2ccc(Cl)cc2)N([C@H](C)CO)C(=O)[C@H]13. The number of amides is 3. The van der Waals surface area contributed by atoms with E-state index in [2.05, 4.69) is 17.6 Å². The minimum atomic E-state index is -0.771. The molecular weight excluding hydrogens is 450 g/mol. The number of fused-ring (bicyclic) bond motifs is 1. The van der Waals surface area contributed by atoms with Crippen LogP contribution in [0.3, 0.4) is 0 Å². The highest BCUT2D eigenvalue weighted by Gasteiger charge is 2.76. The van der Waals surface area contributed by atoms with Crippen LogP contribution in [0.5, 0.6) is 0 Å². The highest BCUT2D eigenvalue weighted by Crippen LogP contribution is 2.68. The fourth-order valence-electron chi connectivity index (χ4n) is 5.73. The normalized spacial score (nSPS) is 33.8. The molecule has 4 rings (SSSR count). The summed E-state index contributed by atoms with van der Waals surface area (Å²) in [5, 5.41) is 16.4. The summed E-state index contributed by atoms with van der Waals surface area (Å²) < 4.78 is -0.699. The number of nitrogens with zero attached hydrogens (tertiary/aromatic N) is 1. The van der Waals surface area contributed by atoms with Crippen molar-refractivity contribution >= 4 is 46.8 Å². The van der Waals surface area contributed by atoms with Crippen molar-refractivity contribution in [2.75, 3.05) is 18.5 Å². The van der Waals surface area contributed by atoms with E-state index in [9.17, 15) is 19.5 Å². The number of likely N-dealkylation sites (tertiary alicyclic amines) is 1. The summed E-state index contributed by atoms with van der Waals surface area (Å²) in [7, 11) is 0. The first-order chi connectivity index (χ1) is 15.3. The van der Waals surface area contributed by atoms with Gasteiger partial charge in [0.2, 0.25) is 17.7 Å². The van der Waals surface area contributed by atoms with E-state index in [4.69, 9.17) is 11.6 Å². The van der Waals surface area contributed by atoms with E-state index in [0.29, 0.717) is 17.3 Å². The van der Waals surface area contributed by atoms with E-state index < -0.39 is 28.7 Å². The van der Waals surface area contributed by atoms with Crippen LogP contribution in [0, 0.1) is 17.8 Å². The van der Waals surface area contributed by atoms with Gasteiger partial charge in [0.15, 0.2) is 0 Å². The zero-order chi connectivity index (χ0) is 23.2. The van der Waals surface area contributed by atoms with Gasteiger partial charge in [-0.15, -0.1) is 11.8 Å². The zero-order valence-corrected chi connectivity index (χ0v) is 20.1. The number of anilines is 1. The summed E-state index contributed by atoms with van der Waals surface area (Å²) in [6.07, 6.45) is 1.60. The van der Waals surface area contributed by atoms with Crippen LogP contribution in [0.15, 0.2) is 24.3 Å². The third-order valence-electron chi connectivity index (χ3n) is 7.13. The Morgan fingerprint density at radius 3 is 2.62 bits per heavy atom. The van der Waals surface area contributed by atoms with Crippen molar-refractivity contribution in [1.29, 1.82) is 0 Å². The van der Waals surface area contributed by atoms with Gasteiger partial charge in [-0.05, 0) is 49.9 Å². The standard InChI is InChI=1S/C23H30ClN3O4S/c1-4-9-25-20(29)17-16-10-12(2)23(32-16)18(17)22(31)27(13(3)11-28)19(23)21(30)26-15-7-5-14(24)6-8-15/h5-8,12-13,16-19,28H,4,9-11H2,1-3H3,(H,25,29)(H,26,30)/t12?,13-,16+,17-,18+,19?,23?/m1/s1. The molecule has 2 bridgehead atoms. The molecule has 3 aliphatic heterocycles. The van der Waals surface area contributed by atoms with Crippen molar-refractivity contribution in [2.45, 2.75) is 55.7 Å². The fourth-order valence-corrected chi connectivity index (χ4v) is 8.27. The van der Waals surface area contributed by atoms with Gasteiger partial charge in [0, 0.05) is 22.5 Å². The van der Waals surface area contributed by atoms with Gasteiger partial charge in [0.05, 0.1) is 29.2 Å². The predicted molar refractivity (Wildman–Crippen MR) is 125 cm³/mol. The van der Waals surface area contributed by atoms with Gasteiger partial charge in [-0.25, -0.2) is 0 Å². The summed E-state index contributed by atoms with van der Waals surface area (Å²) in [4.78, 5) is 42.0. The Balaban J connectivity index is 1.72. The number of aliphatic hydroxyl groups excluding tert-OH is 1. The molecule has 3 fully saturated rings. The summed E-state index contributed by atoms with van der Waals surface area (Å²) in [6.45, 7) is 6.11. The minimum Gasteiger partial charge on any atom is -0.394 e. The molecule has 174 valence electrons. The van der Waals surface area contributed by atoms with Gasteiger partial charge in [0.25, 0.3) is 0 Å². The molecule has 1 spiro atoms. The van der Waals surface area contributed by atoms with E-state index in [0.717, 1.165) is 12.8 Å². The molecule has 1 aromatic carbocycles. The second-order valence-electron chi connectivity index (χ2n) is 9.12. The van der Waals surface area contributed by atoms with Crippen molar-refractivity contribution in [3.63, 3.8) is 0 Å². The largest absolute Gasteiger partial charge is 0.394 e. The van der Waals surface area contributed by atoms with Crippen LogP contribution < -0.4 is 10.6 Å². The lowest BCUT2D eigenvalue weighted by molar-refractivity contribution is -0.141. The molecule has 7 nitrogen and oxygen atoms in total. The Morgan fingerprint density at radius 1 is 1.31 bits per heavy atom. The molecule has 3 heterocycles. The van der Waals surface area contributed by atoms with Crippen LogP contribution in [0.2, 0.25) is 5.02 Å². The molecule has 0 aliphatic carbocycles. The van der Waals surface area contributed by atoms with E-state index >= 15 is 0 Å². The third kappa shape index (κ3) is 3.51. The first-order valence-electron chi connectivity index (χ1n) is 11.2. The van der Waals surface area contributed by atoms with Gasteiger partial charge in [0.1, 0.15) is 6.04 Å². The number of hydrogen-bond donors (Lipinski definition) is 3. The van der Waals surface area contributed by atoms with Gasteiger partial charge in [-0.1, -0.05) is 25.4 Å². The van der Waals surface area contributed by atoms with Crippen molar-refractivity contribution < 1.29 is 19.5 Å². The Labute approximate surface area is 197 Å². The highest BCUT2D eigenvalue weighted by atomic mass is 35.5. The quantitative estimate of drug-likeness (QED) is 0.558. The van der Waals surface area contributed by atoms with E-state index in [1.807, 2.05) is 6.92 Å². The molecular formula is C23H30ClN3O4S. The second-order valence-corrected chi connectivity index (χ2v) is 11.1. The topological polar surface area (TPSA) is 98.7 Å². The smallest absolute Gasteiger partial charge is 0.248 e. The summed E-state index contributed by atoms with van der Waals surface area (Å²) in [5.74, 6) is -1.56. The van der Waals surface area contributed by atoms with Crippen molar-refractivity contribution in [2.24, 2.45) is 17.8 Å². The second kappa shape index (κ2) is 8.88. The molecule has 0 aromatic heterocycles. The number of aliphatic hydroxyl groups is 1. The Morgan fingerprint density at radius 2 is 2.00 bits per heavy atom. The summed E-state index contributed by atoms with van der Waals surface area (Å²) in [6, 6.07) is 5.52. The average Bonchev–Trinajstić information content (AvgIpc) is 3.36. The molecule has 0 radical (unpaired) electrons. The maximum Gasteiger partial charge on any atom is 0.248 e. The first-order valence-corrected chi connectivity index (χ1v) is 12.5. The molecule has 1 aromatic rings. The monoisotopic (exact) mass is 479 g/mol. The van der Waals surface area contributed by atoms with Crippen LogP contribution in [0.25, 0.3) is 0 Å². The number of carbonyl (C=O) groups excluding carboxylic acids is 3. The number of carbonyl (C=O) groups is 3. The minimum absolute atomic E-state index is 0.00761. The van der Waals surface area contributed by atoms with E-state index in [1.54, 1.807) is 43.0 Å². The van der Waals surface area contributed by atoms with Crippen molar-refractivity contribution in [3.05, 3.63) is 29.3 Å². The maximum absolute atomic E-state index is 13.7. The van der Waals surface area contributed by atoms with E-state index in [1.165, 1.54) is 4.90 Å². The Kier molecular flexibility index (Phi) is 6.49. The van der Waals surface area contributed by atoms with Crippen LogP contribution >= 0.6 is 23.4 Å². The molecule has 9 heteroatoms. The number of rotatable bonds is 7. The molecule has 3 amide bonds. The van der Waals surface area contributed by atoms with Crippen LogP contribution in [-0.2, 0) is 14.4 Å². The molecule has 3 unspecified atom stereocenters. The number of benzene rings is 1. The van der Waals surface area contributed by atoms with Gasteiger partial charge in [-0.3, -0.25) is 14.4 Å². The molecule has 0 saturated carbocycles. The molecule has 3 N–H and O–H groups in total. The molecule has 7 atom stereocenters. The van der Waals surface area contributed by atoms with Crippen LogP contribution in [0.1, 0.15) is 33.6 Å². The maximum atomic E-state index is 13.7. The highest BCUT2D eigenvalue weighted by molar-refractivity contribution is 8.02. The number of thioether (sulfide) groups is 1. The first kappa shape index (κ1) is 23.4. The van der Waals surface area contributed by atoms with Crippen molar-refractivity contribution in [1.82, 2.24) is 10.2 Å². The molecule has 32 heavy (non-hydrogen) atoms. The number of hydrogen-bond acceptors (Lipinski definition) is 5. The van der Waals surface area contributed by atoms with Crippen molar-refractivity contribution in [3.8, 4) is 0 Å². The number of nitrogens with one attached hydrogen (secondary N) is 2. The van der Waals surface area contributed by atoms with Crippen LogP contribution in [0.4, 0.5) is 5.69 Å². The summed E-state index contributed by atoms with van der Waals surface area (Å²) >= 11 is 7.59. The Hall–Kier alpha value is -1.77. The fraction of sp³-hybridized carbons (Fsp3) is 0.609. The lowest BCUT2D eigenvalue weighted by atomic mass is 9.66. The lowest BCUT2D eigenvalue weighted by Crippen LogP contribution is -2.56.